The molecule has 0 bridgehead atoms. The third kappa shape index (κ3) is 2.59. The zero-order valence-electron chi connectivity index (χ0n) is 16.7. The Morgan fingerprint density at radius 2 is 1.55 bits per heavy atom. The summed E-state index contributed by atoms with van der Waals surface area (Å²) in [5, 5.41) is 0. The molecule has 1 aromatic carbocycles. The topological polar surface area (TPSA) is 25.8 Å². The predicted molar refractivity (Wildman–Crippen MR) is 82.4 cm³/mol. The number of benzene rings is 1. The summed E-state index contributed by atoms with van der Waals surface area (Å²) < 4.78 is 45.5. The van der Waals surface area contributed by atoms with Crippen LogP contribution in [0.4, 0.5) is 0 Å². The lowest BCUT2D eigenvalue weighted by atomic mass is 10.0. The molecule has 98 valence electrons. The summed E-state index contributed by atoms with van der Waals surface area (Å²) in [6.45, 7) is -4.99. The fourth-order valence-corrected chi connectivity index (χ4v) is 2.07. The van der Waals surface area contributed by atoms with E-state index in [1.165, 1.54) is 12.1 Å². The van der Waals surface area contributed by atoms with Crippen molar-refractivity contribution in [2.45, 2.75) is 13.7 Å². The highest BCUT2D eigenvalue weighted by molar-refractivity contribution is 5.70. The summed E-state index contributed by atoms with van der Waals surface area (Å²) in [4.78, 5) is 8.18. The molecule has 0 saturated heterocycles. The molecule has 2 heteroatoms. The van der Waals surface area contributed by atoms with E-state index < -0.39 is 13.7 Å². The van der Waals surface area contributed by atoms with Crippen molar-refractivity contribution in [3.63, 3.8) is 0 Å². The first-order chi connectivity index (χ1) is 12.1. The average molecular weight is 266 g/mol. The van der Waals surface area contributed by atoms with Gasteiger partial charge in [0.05, 0.1) is 5.69 Å². The van der Waals surface area contributed by atoms with Gasteiger partial charge in [-0.05, 0) is 49.1 Å². The maximum Gasteiger partial charge on any atom is 0.0708 e. The Kier molecular flexibility index (Phi) is 1.93. The van der Waals surface area contributed by atoms with Crippen molar-refractivity contribution >= 4 is 0 Å². The van der Waals surface area contributed by atoms with Crippen molar-refractivity contribution in [3.8, 4) is 22.4 Å². The van der Waals surface area contributed by atoms with Gasteiger partial charge in [-0.1, -0.05) is 30.3 Å². The smallest absolute Gasteiger partial charge is 0.0708 e. The molecule has 0 spiro atoms. The van der Waals surface area contributed by atoms with Crippen LogP contribution in [0.2, 0.25) is 0 Å². The van der Waals surface area contributed by atoms with Crippen LogP contribution in [0.15, 0.2) is 60.8 Å². The van der Waals surface area contributed by atoms with Gasteiger partial charge in [0.2, 0.25) is 0 Å². The molecule has 0 aliphatic carbocycles. The van der Waals surface area contributed by atoms with E-state index in [2.05, 4.69) is 9.97 Å². The van der Waals surface area contributed by atoms with Gasteiger partial charge in [-0.3, -0.25) is 9.97 Å². The average Bonchev–Trinajstić information content (AvgIpc) is 2.61. The summed E-state index contributed by atoms with van der Waals surface area (Å²) >= 11 is 0. The minimum atomic E-state index is -2.49. The van der Waals surface area contributed by atoms with E-state index in [9.17, 15) is 0 Å². The number of aromatic nitrogens is 2. The summed E-state index contributed by atoms with van der Waals surface area (Å²) in [5.41, 5.74) is 2.31. The van der Waals surface area contributed by atoms with Gasteiger partial charge >= 0.3 is 0 Å². The molecule has 0 unspecified atom stereocenters. The number of rotatable bonds is 2. The van der Waals surface area contributed by atoms with Gasteiger partial charge in [-0.25, -0.2) is 0 Å². The highest BCUT2D eigenvalue weighted by Crippen LogP contribution is 2.25. The maximum absolute atomic E-state index is 7.58. The van der Waals surface area contributed by atoms with Crippen molar-refractivity contribution in [2.24, 2.45) is 0 Å². The van der Waals surface area contributed by atoms with Crippen molar-refractivity contribution in [1.29, 1.82) is 0 Å². The number of hydrogen-bond donors (Lipinski definition) is 0. The molecule has 3 aromatic rings. The van der Waals surface area contributed by atoms with Gasteiger partial charge < -0.3 is 0 Å². The van der Waals surface area contributed by atoms with E-state index in [0.29, 0.717) is 16.8 Å². The number of pyridine rings is 2. The Balaban J connectivity index is 2.15. The molecule has 2 heterocycles. The molecule has 2 aromatic heterocycles. The minimum absolute atomic E-state index is 0.237. The minimum Gasteiger partial charge on any atom is -0.258 e. The molecular weight excluding hydrogens is 244 g/mol. The van der Waals surface area contributed by atoms with Crippen LogP contribution in [0, 0.1) is 13.7 Å². The van der Waals surface area contributed by atoms with Gasteiger partial charge in [-0.15, -0.1) is 0 Å². The van der Waals surface area contributed by atoms with E-state index >= 15 is 0 Å². The Morgan fingerprint density at radius 3 is 2.25 bits per heavy atom. The summed E-state index contributed by atoms with van der Waals surface area (Å²) in [7, 11) is 0. The molecule has 0 amide bonds. The fourth-order valence-electron chi connectivity index (χ4n) is 2.07. The van der Waals surface area contributed by atoms with E-state index in [4.69, 9.17) is 8.22 Å². The number of hydrogen-bond acceptors (Lipinski definition) is 2. The third-order valence-electron chi connectivity index (χ3n) is 2.99. The zero-order valence-corrected chi connectivity index (χ0v) is 10.7. The Hall–Kier alpha value is -2.48. The Labute approximate surface area is 127 Å². The van der Waals surface area contributed by atoms with Crippen LogP contribution < -0.4 is 0 Å². The second-order valence-corrected chi connectivity index (χ2v) is 4.42. The van der Waals surface area contributed by atoms with Gasteiger partial charge in [0, 0.05) is 31.4 Å². The monoisotopic (exact) mass is 266 g/mol. The van der Waals surface area contributed by atoms with Crippen LogP contribution in [-0.2, 0) is 0 Å². The fraction of sp³-hybridized carbons (Fsp3) is 0.111. The predicted octanol–water partition coefficient (Wildman–Crippen LogP) is 4.43. The normalized spacial score (nSPS) is 16.2. The summed E-state index contributed by atoms with van der Waals surface area (Å²) in [6, 6.07) is 15.9. The van der Waals surface area contributed by atoms with Crippen molar-refractivity contribution in [3.05, 3.63) is 72.2 Å². The number of aryl methyl sites for hydroxylation is 2. The van der Waals surface area contributed by atoms with Gasteiger partial charge in [0.25, 0.3) is 0 Å². The molecule has 0 aliphatic heterocycles. The largest absolute Gasteiger partial charge is 0.258 e. The summed E-state index contributed by atoms with van der Waals surface area (Å²) in [6.07, 6.45) is 1.61. The zero-order chi connectivity index (χ0) is 18.9. The highest BCUT2D eigenvalue weighted by Gasteiger charge is 2.04. The molecule has 0 fully saturated rings. The second kappa shape index (κ2) is 5.25. The third-order valence-corrected chi connectivity index (χ3v) is 2.99. The van der Waals surface area contributed by atoms with Crippen LogP contribution in [0.25, 0.3) is 22.4 Å². The number of nitrogens with zero attached hydrogens (tertiary/aromatic N) is 2. The van der Waals surface area contributed by atoms with Crippen LogP contribution in [0.1, 0.15) is 19.6 Å². The molecule has 2 nitrogen and oxygen atoms in total. The van der Waals surface area contributed by atoms with Crippen LogP contribution in [-0.4, -0.2) is 9.97 Å². The lowest BCUT2D eigenvalue weighted by Crippen LogP contribution is -1.89. The Morgan fingerprint density at radius 1 is 0.800 bits per heavy atom. The van der Waals surface area contributed by atoms with Gasteiger partial charge in [-0.2, -0.15) is 0 Å². The lowest BCUT2D eigenvalue weighted by molar-refractivity contribution is 1.12. The van der Waals surface area contributed by atoms with Crippen LogP contribution >= 0.6 is 0 Å². The first-order valence-electron chi connectivity index (χ1n) is 9.19. The SMILES string of the molecule is [2H]C([2H])([2H])c1cc(-c2ccnc(-c3ccccc3)c2)cc(C([2H])([2H])[2H])n1. The Bertz CT molecular complexity index is 885. The lowest BCUT2D eigenvalue weighted by Gasteiger charge is -2.07. The standard InChI is InChI=1S/C18H16N2/c1-13-10-17(11-14(2)20-13)16-8-9-19-18(12-16)15-6-4-3-5-7-15/h3-12H,1-2H3/i1D3,2D3. The molecule has 0 N–H and O–H groups in total. The molecule has 0 atom stereocenters. The molecule has 0 radical (unpaired) electrons. The van der Waals surface area contributed by atoms with Crippen molar-refractivity contribution in [2.75, 3.05) is 0 Å². The van der Waals surface area contributed by atoms with Crippen LogP contribution in [0.3, 0.4) is 0 Å². The van der Waals surface area contributed by atoms with Gasteiger partial charge in [0.15, 0.2) is 0 Å². The van der Waals surface area contributed by atoms with Crippen LogP contribution in [0.5, 0.6) is 0 Å². The van der Waals surface area contributed by atoms with E-state index in [1.54, 1.807) is 18.3 Å². The molecule has 20 heavy (non-hydrogen) atoms. The maximum atomic E-state index is 7.58. The quantitative estimate of drug-likeness (QED) is 0.686. The molecule has 0 aliphatic rings. The first kappa shape index (κ1) is 7.34. The van der Waals surface area contributed by atoms with Crippen molar-refractivity contribution < 1.29 is 8.22 Å². The molecular formula is C18H16N2. The van der Waals surface area contributed by atoms with E-state index in [1.807, 2.05) is 30.3 Å². The molecule has 3 rings (SSSR count). The second-order valence-electron chi connectivity index (χ2n) is 4.42. The molecule has 0 saturated carbocycles. The first-order valence-corrected chi connectivity index (χ1v) is 6.19. The van der Waals surface area contributed by atoms with Crippen molar-refractivity contribution in [1.82, 2.24) is 9.97 Å². The van der Waals surface area contributed by atoms with E-state index in [-0.39, 0.29) is 11.4 Å². The van der Waals surface area contributed by atoms with E-state index in [0.717, 1.165) is 5.56 Å². The summed E-state index contributed by atoms with van der Waals surface area (Å²) in [5.74, 6) is 0. The highest BCUT2D eigenvalue weighted by atomic mass is 14.7. The van der Waals surface area contributed by atoms with Gasteiger partial charge in [0.1, 0.15) is 0 Å².